The molecule has 0 bridgehead atoms. The lowest BCUT2D eigenvalue weighted by molar-refractivity contribution is -0.116. The molecule has 2 N–H and O–H groups in total. The standard InChI is InChI=1S/C25H23N5OS/c26-14-19-18-10-4-7-13-22(18)32-24(19)29-23(31)16-30-21-12-6-5-11-20(21)28-25(30)27-15-17-8-2-1-3-9-17/h1-3,5-6,8-9,11-12H,4,7,10,13,15-16H2,(H,27,28)(H,29,31). The van der Waals surface area contributed by atoms with E-state index in [1.165, 1.54) is 4.88 Å². The van der Waals surface area contributed by atoms with E-state index in [2.05, 4.69) is 28.8 Å². The molecule has 2 aromatic heterocycles. The number of carbonyl (C=O) groups excluding carboxylic acids is 1. The van der Waals surface area contributed by atoms with E-state index in [0.29, 0.717) is 23.1 Å². The Morgan fingerprint density at radius 1 is 1.09 bits per heavy atom. The SMILES string of the molecule is N#Cc1c(NC(=O)Cn2c(NCc3ccccc3)nc3ccccc32)sc2c1CCCC2. The van der Waals surface area contributed by atoms with Crippen molar-refractivity contribution in [1.82, 2.24) is 9.55 Å². The van der Waals surface area contributed by atoms with Gasteiger partial charge in [-0.15, -0.1) is 11.3 Å². The van der Waals surface area contributed by atoms with Crippen LogP contribution in [0.1, 0.15) is 34.4 Å². The first kappa shape index (κ1) is 20.3. The summed E-state index contributed by atoms with van der Waals surface area (Å²) in [5, 5.41) is 16.7. The van der Waals surface area contributed by atoms with Crippen molar-refractivity contribution in [1.29, 1.82) is 5.26 Å². The molecule has 6 nitrogen and oxygen atoms in total. The van der Waals surface area contributed by atoms with Crippen molar-refractivity contribution in [3.63, 3.8) is 0 Å². The molecule has 0 radical (unpaired) electrons. The van der Waals surface area contributed by atoms with E-state index < -0.39 is 0 Å². The van der Waals surface area contributed by atoms with Crippen LogP contribution < -0.4 is 10.6 Å². The van der Waals surface area contributed by atoms with Crippen molar-refractivity contribution in [2.75, 3.05) is 10.6 Å². The van der Waals surface area contributed by atoms with Crippen LogP contribution in [0, 0.1) is 11.3 Å². The highest BCUT2D eigenvalue weighted by molar-refractivity contribution is 7.16. The average Bonchev–Trinajstić information content (AvgIpc) is 3.35. The number of nitrogens with one attached hydrogen (secondary N) is 2. The quantitative estimate of drug-likeness (QED) is 0.436. The monoisotopic (exact) mass is 441 g/mol. The maximum Gasteiger partial charge on any atom is 0.245 e. The molecule has 160 valence electrons. The van der Waals surface area contributed by atoms with E-state index in [1.807, 2.05) is 47.0 Å². The number of carbonyl (C=O) groups is 1. The number of anilines is 2. The normalized spacial score (nSPS) is 12.8. The fourth-order valence-electron chi connectivity index (χ4n) is 4.23. The Hall–Kier alpha value is -3.63. The maximum atomic E-state index is 13.0. The molecule has 0 spiro atoms. The van der Waals surface area contributed by atoms with Gasteiger partial charge in [0.2, 0.25) is 11.9 Å². The van der Waals surface area contributed by atoms with Gasteiger partial charge >= 0.3 is 0 Å². The van der Waals surface area contributed by atoms with Gasteiger partial charge in [-0.2, -0.15) is 5.26 Å². The Morgan fingerprint density at radius 3 is 2.72 bits per heavy atom. The number of nitrogens with zero attached hydrogens (tertiary/aromatic N) is 3. The third kappa shape index (κ3) is 3.97. The first-order chi connectivity index (χ1) is 15.7. The highest BCUT2D eigenvalue weighted by Gasteiger charge is 2.22. The molecule has 1 aliphatic rings. The smallest absolute Gasteiger partial charge is 0.245 e. The molecular formula is C25H23N5OS. The Bertz CT molecular complexity index is 1320. The van der Waals surface area contributed by atoms with Crippen molar-refractivity contribution < 1.29 is 4.79 Å². The number of hydrogen-bond donors (Lipinski definition) is 2. The maximum absolute atomic E-state index is 13.0. The predicted molar refractivity (Wildman–Crippen MR) is 128 cm³/mol. The zero-order chi connectivity index (χ0) is 21.9. The predicted octanol–water partition coefficient (Wildman–Crippen LogP) is 5.10. The first-order valence-corrected chi connectivity index (χ1v) is 11.6. The fraction of sp³-hybridized carbons (Fsp3) is 0.240. The lowest BCUT2D eigenvalue weighted by Crippen LogP contribution is -2.20. The molecule has 4 aromatic rings. The second-order valence-corrected chi connectivity index (χ2v) is 9.03. The van der Waals surface area contributed by atoms with E-state index in [9.17, 15) is 10.1 Å². The second kappa shape index (κ2) is 8.85. The van der Waals surface area contributed by atoms with Crippen LogP contribution in [0.3, 0.4) is 0 Å². The highest BCUT2D eigenvalue weighted by Crippen LogP contribution is 2.37. The van der Waals surface area contributed by atoms with E-state index in [1.54, 1.807) is 11.3 Å². The Balaban J connectivity index is 1.39. The summed E-state index contributed by atoms with van der Waals surface area (Å²) in [6, 6.07) is 20.2. The van der Waals surface area contributed by atoms with E-state index in [-0.39, 0.29) is 12.5 Å². The van der Waals surface area contributed by atoms with Gasteiger partial charge in [0.05, 0.1) is 16.6 Å². The number of amides is 1. The van der Waals surface area contributed by atoms with Gasteiger partial charge in [0.1, 0.15) is 17.6 Å². The van der Waals surface area contributed by atoms with Crippen LogP contribution in [0.4, 0.5) is 10.9 Å². The van der Waals surface area contributed by atoms with Crippen molar-refractivity contribution in [2.45, 2.75) is 38.8 Å². The first-order valence-electron chi connectivity index (χ1n) is 10.8. The summed E-state index contributed by atoms with van der Waals surface area (Å²) in [6.45, 7) is 0.729. The van der Waals surface area contributed by atoms with Gasteiger partial charge in [0.15, 0.2) is 0 Å². The molecule has 0 aliphatic heterocycles. The minimum Gasteiger partial charge on any atom is -0.352 e. The lowest BCUT2D eigenvalue weighted by atomic mass is 9.96. The van der Waals surface area contributed by atoms with E-state index >= 15 is 0 Å². The Morgan fingerprint density at radius 2 is 1.88 bits per heavy atom. The molecule has 2 aromatic carbocycles. The summed E-state index contributed by atoms with van der Waals surface area (Å²) >= 11 is 1.55. The van der Waals surface area contributed by atoms with Gasteiger partial charge in [-0.25, -0.2) is 4.98 Å². The molecular weight excluding hydrogens is 418 g/mol. The second-order valence-electron chi connectivity index (χ2n) is 7.92. The molecule has 1 aliphatic carbocycles. The molecule has 0 unspecified atom stereocenters. The molecule has 0 atom stereocenters. The summed E-state index contributed by atoms with van der Waals surface area (Å²) in [4.78, 5) is 19.0. The highest BCUT2D eigenvalue weighted by atomic mass is 32.1. The van der Waals surface area contributed by atoms with Crippen LogP contribution in [0.25, 0.3) is 11.0 Å². The number of aromatic nitrogens is 2. The molecule has 0 saturated carbocycles. The minimum absolute atomic E-state index is 0.116. The van der Waals surface area contributed by atoms with Crippen LogP contribution in [0.2, 0.25) is 0 Å². The summed E-state index contributed by atoms with van der Waals surface area (Å²) in [5.41, 5.74) is 4.62. The molecule has 32 heavy (non-hydrogen) atoms. The number of nitriles is 1. The van der Waals surface area contributed by atoms with Crippen LogP contribution >= 0.6 is 11.3 Å². The minimum atomic E-state index is -0.161. The molecule has 1 amide bonds. The molecule has 0 fully saturated rings. The number of para-hydroxylation sites is 2. The van der Waals surface area contributed by atoms with Crippen molar-refractivity contribution in [2.24, 2.45) is 0 Å². The van der Waals surface area contributed by atoms with Gasteiger partial charge in [-0.3, -0.25) is 4.79 Å². The molecule has 5 rings (SSSR count). The molecule has 2 heterocycles. The number of aryl methyl sites for hydroxylation is 1. The third-order valence-electron chi connectivity index (χ3n) is 5.79. The van der Waals surface area contributed by atoms with Crippen LogP contribution in [0.5, 0.6) is 0 Å². The van der Waals surface area contributed by atoms with Crippen LogP contribution in [-0.4, -0.2) is 15.5 Å². The summed E-state index contributed by atoms with van der Waals surface area (Å²) in [5.74, 6) is 0.488. The number of hydrogen-bond acceptors (Lipinski definition) is 5. The summed E-state index contributed by atoms with van der Waals surface area (Å²) < 4.78 is 1.90. The van der Waals surface area contributed by atoms with Crippen molar-refractivity contribution >= 4 is 39.2 Å². The zero-order valence-electron chi connectivity index (χ0n) is 17.6. The largest absolute Gasteiger partial charge is 0.352 e. The number of fused-ring (bicyclic) bond motifs is 2. The van der Waals surface area contributed by atoms with Gasteiger partial charge in [0, 0.05) is 11.4 Å². The summed E-state index contributed by atoms with van der Waals surface area (Å²) in [6.07, 6.45) is 4.15. The molecule has 7 heteroatoms. The Kier molecular flexibility index (Phi) is 5.61. The van der Waals surface area contributed by atoms with Gasteiger partial charge in [-0.05, 0) is 48.9 Å². The number of rotatable bonds is 6. The average molecular weight is 442 g/mol. The van der Waals surface area contributed by atoms with E-state index in [4.69, 9.17) is 4.98 Å². The topological polar surface area (TPSA) is 82.7 Å². The number of imidazole rings is 1. The lowest BCUT2D eigenvalue weighted by Gasteiger charge is -2.11. The third-order valence-corrected chi connectivity index (χ3v) is 6.99. The van der Waals surface area contributed by atoms with Crippen LogP contribution in [-0.2, 0) is 30.7 Å². The van der Waals surface area contributed by atoms with E-state index in [0.717, 1.165) is 47.8 Å². The summed E-state index contributed by atoms with van der Waals surface area (Å²) in [7, 11) is 0. The van der Waals surface area contributed by atoms with Gasteiger partial charge < -0.3 is 15.2 Å². The van der Waals surface area contributed by atoms with Crippen molar-refractivity contribution in [3.05, 3.63) is 76.2 Å². The number of benzene rings is 2. The van der Waals surface area contributed by atoms with Crippen molar-refractivity contribution in [3.8, 4) is 6.07 Å². The molecule has 0 saturated heterocycles. The van der Waals surface area contributed by atoms with Gasteiger partial charge in [0.25, 0.3) is 0 Å². The van der Waals surface area contributed by atoms with Crippen LogP contribution in [0.15, 0.2) is 54.6 Å². The van der Waals surface area contributed by atoms with Gasteiger partial charge in [-0.1, -0.05) is 42.5 Å². The zero-order valence-corrected chi connectivity index (χ0v) is 18.4. The number of thiophene rings is 1. The fourth-order valence-corrected chi connectivity index (χ4v) is 5.49. The Labute approximate surface area is 190 Å².